The average molecular weight is 119 g/mol. The van der Waals surface area contributed by atoms with E-state index in [9.17, 15) is 8.78 Å². The molecule has 0 saturated heterocycles. The highest BCUT2D eigenvalue weighted by Gasteiger charge is 2.06. The highest BCUT2D eigenvalue weighted by Crippen LogP contribution is 2.01. The summed E-state index contributed by atoms with van der Waals surface area (Å²) in [5, 5.41) is 15.7. The van der Waals surface area contributed by atoms with Gasteiger partial charge in [0.1, 0.15) is 0 Å². The monoisotopic (exact) mass is 119 g/mol. The van der Waals surface area contributed by atoms with Crippen molar-refractivity contribution in [1.29, 1.82) is 5.26 Å². The molecule has 0 aliphatic carbocycles. The van der Waals surface area contributed by atoms with E-state index in [1.165, 1.54) is 6.07 Å². The molecule has 0 aromatic rings. The van der Waals surface area contributed by atoms with Crippen LogP contribution in [-0.4, -0.2) is 11.5 Å². The molecule has 0 rings (SSSR count). The lowest BCUT2D eigenvalue weighted by Crippen LogP contribution is -1.93. The van der Waals surface area contributed by atoms with Crippen LogP contribution in [0.2, 0.25) is 0 Å². The second-order valence-corrected chi connectivity index (χ2v) is 0.999. The molecule has 2 nitrogen and oxygen atoms in total. The molecule has 4 heteroatoms. The maximum Gasteiger partial charge on any atom is 0.295 e. The van der Waals surface area contributed by atoms with Gasteiger partial charge in [0.05, 0.1) is 12.1 Å². The van der Waals surface area contributed by atoms with E-state index >= 15 is 0 Å². The van der Waals surface area contributed by atoms with Crippen LogP contribution in [0.3, 0.4) is 0 Å². The standard InChI is InChI=1S/C4H3F2NO/c5-4(6)3(8)1-2-7/h1,4,8H. The molecule has 44 valence electrons. The Bertz CT molecular complexity index is 135. The van der Waals surface area contributed by atoms with Crippen molar-refractivity contribution < 1.29 is 13.9 Å². The van der Waals surface area contributed by atoms with Crippen LogP contribution in [-0.2, 0) is 0 Å². The van der Waals surface area contributed by atoms with Gasteiger partial charge < -0.3 is 5.11 Å². The van der Waals surface area contributed by atoms with E-state index in [4.69, 9.17) is 10.4 Å². The molecule has 0 atom stereocenters. The summed E-state index contributed by atoms with van der Waals surface area (Å²) in [7, 11) is 0. The normalized spacial score (nSPS) is 11.5. The largest absolute Gasteiger partial charge is 0.506 e. The van der Waals surface area contributed by atoms with Crippen molar-refractivity contribution in [3.63, 3.8) is 0 Å². The topological polar surface area (TPSA) is 44.0 Å². The second kappa shape index (κ2) is 2.97. The smallest absolute Gasteiger partial charge is 0.295 e. The Labute approximate surface area is 44.7 Å². The second-order valence-electron chi connectivity index (χ2n) is 0.999. The Balaban J connectivity index is 3.85. The van der Waals surface area contributed by atoms with Gasteiger partial charge in [0.15, 0.2) is 5.76 Å². The summed E-state index contributed by atoms with van der Waals surface area (Å²) >= 11 is 0. The summed E-state index contributed by atoms with van der Waals surface area (Å²) in [6.07, 6.45) is -2.54. The number of hydrogen-bond donors (Lipinski definition) is 1. The van der Waals surface area contributed by atoms with Gasteiger partial charge in [0.25, 0.3) is 6.43 Å². The summed E-state index contributed by atoms with van der Waals surface area (Å²) < 4.78 is 22.3. The van der Waals surface area contributed by atoms with Gasteiger partial charge in [0, 0.05) is 0 Å². The number of alkyl halides is 2. The number of hydrogen-bond acceptors (Lipinski definition) is 2. The Morgan fingerprint density at radius 1 is 1.75 bits per heavy atom. The number of aliphatic hydroxyl groups excluding tert-OH is 1. The zero-order valence-corrected chi connectivity index (χ0v) is 3.81. The Kier molecular flexibility index (Phi) is 2.56. The Hall–Kier alpha value is -1.11. The van der Waals surface area contributed by atoms with Crippen LogP contribution >= 0.6 is 0 Å². The molecule has 8 heavy (non-hydrogen) atoms. The van der Waals surface area contributed by atoms with E-state index in [-0.39, 0.29) is 0 Å². The molecule has 0 aromatic carbocycles. The zero-order valence-electron chi connectivity index (χ0n) is 3.81. The van der Waals surface area contributed by atoms with E-state index in [0.717, 1.165) is 0 Å². The first kappa shape index (κ1) is 6.89. The highest BCUT2D eigenvalue weighted by atomic mass is 19.3. The van der Waals surface area contributed by atoms with Crippen molar-refractivity contribution in [1.82, 2.24) is 0 Å². The fourth-order valence-electron chi connectivity index (χ4n) is 0.129. The number of aliphatic hydroxyl groups is 1. The van der Waals surface area contributed by atoms with E-state index in [1.54, 1.807) is 0 Å². The molecule has 0 radical (unpaired) electrons. The predicted octanol–water partition coefficient (Wildman–Crippen LogP) is 1.22. The van der Waals surface area contributed by atoms with Gasteiger partial charge in [-0.05, 0) is 0 Å². The number of nitriles is 1. The first-order valence-corrected chi connectivity index (χ1v) is 1.75. The molecular weight excluding hydrogens is 116 g/mol. The van der Waals surface area contributed by atoms with E-state index in [2.05, 4.69) is 0 Å². The lowest BCUT2D eigenvalue weighted by Gasteiger charge is -1.90. The Morgan fingerprint density at radius 3 is 2.38 bits per heavy atom. The van der Waals surface area contributed by atoms with Crippen LogP contribution in [0.5, 0.6) is 0 Å². The fourth-order valence-corrected chi connectivity index (χ4v) is 0.129. The van der Waals surface area contributed by atoms with Crippen LogP contribution in [0.4, 0.5) is 8.78 Å². The molecule has 0 unspecified atom stereocenters. The number of halogens is 2. The third kappa shape index (κ3) is 2.13. The van der Waals surface area contributed by atoms with Gasteiger partial charge in [-0.15, -0.1) is 0 Å². The van der Waals surface area contributed by atoms with Crippen molar-refractivity contribution in [3.05, 3.63) is 11.8 Å². The lowest BCUT2D eigenvalue weighted by molar-refractivity contribution is 0.129. The maximum absolute atomic E-state index is 11.1. The fraction of sp³-hybridized carbons (Fsp3) is 0.250. The van der Waals surface area contributed by atoms with Gasteiger partial charge in [-0.3, -0.25) is 0 Å². The van der Waals surface area contributed by atoms with Crippen molar-refractivity contribution in [2.24, 2.45) is 0 Å². The van der Waals surface area contributed by atoms with Crippen LogP contribution in [0.25, 0.3) is 0 Å². The van der Waals surface area contributed by atoms with Crippen LogP contribution < -0.4 is 0 Å². The quantitative estimate of drug-likeness (QED) is 0.416. The van der Waals surface area contributed by atoms with Gasteiger partial charge >= 0.3 is 0 Å². The summed E-state index contributed by atoms with van der Waals surface area (Å²) in [6.45, 7) is 0. The van der Waals surface area contributed by atoms with E-state index < -0.39 is 12.2 Å². The van der Waals surface area contributed by atoms with E-state index in [0.29, 0.717) is 6.08 Å². The minimum Gasteiger partial charge on any atom is -0.506 e. The van der Waals surface area contributed by atoms with Gasteiger partial charge in [0.2, 0.25) is 0 Å². The zero-order chi connectivity index (χ0) is 6.57. The predicted molar refractivity (Wildman–Crippen MR) is 22.3 cm³/mol. The molecule has 0 aromatic heterocycles. The third-order valence-corrected chi connectivity index (χ3v) is 0.436. The van der Waals surface area contributed by atoms with Crippen molar-refractivity contribution in [2.45, 2.75) is 6.43 Å². The first-order chi connectivity index (χ1) is 3.68. The molecule has 0 bridgehead atoms. The van der Waals surface area contributed by atoms with Crippen molar-refractivity contribution in [3.8, 4) is 6.07 Å². The van der Waals surface area contributed by atoms with Crippen LogP contribution in [0.15, 0.2) is 11.8 Å². The molecule has 1 N–H and O–H groups in total. The minimum absolute atomic E-state index is 0.394. The molecular formula is C4H3F2NO. The minimum atomic E-state index is -2.94. The number of allylic oxidation sites excluding steroid dienone is 2. The summed E-state index contributed by atoms with van der Waals surface area (Å²) in [6, 6.07) is 1.26. The summed E-state index contributed by atoms with van der Waals surface area (Å²) in [5.41, 5.74) is 0. The van der Waals surface area contributed by atoms with Gasteiger partial charge in [-0.2, -0.15) is 5.26 Å². The molecule has 0 heterocycles. The molecule has 0 aliphatic heterocycles. The molecule has 0 fully saturated rings. The van der Waals surface area contributed by atoms with E-state index in [1.807, 2.05) is 0 Å². The highest BCUT2D eigenvalue weighted by molar-refractivity contribution is 5.08. The molecule has 0 amide bonds. The lowest BCUT2D eigenvalue weighted by atomic mass is 10.5. The van der Waals surface area contributed by atoms with Gasteiger partial charge in [-0.25, -0.2) is 8.78 Å². The average Bonchev–Trinajstić information content (AvgIpc) is 1.67. The van der Waals surface area contributed by atoms with Crippen LogP contribution in [0.1, 0.15) is 0 Å². The van der Waals surface area contributed by atoms with Crippen molar-refractivity contribution >= 4 is 0 Å². The molecule has 0 saturated carbocycles. The number of nitrogens with zero attached hydrogens (tertiary/aromatic N) is 1. The summed E-state index contributed by atoms with van der Waals surface area (Å²) in [4.78, 5) is 0. The summed E-state index contributed by atoms with van der Waals surface area (Å²) in [5.74, 6) is -1.19. The van der Waals surface area contributed by atoms with Crippen LogP contribution in [0, 0.1) is 11.3 Å². The maximum atomic E-state index is 11.1. The third-order valence-electron chi connectivity index (χ3n) is 0.436. The molecule has 0 spiro atoms. The van der Waals surface area contributed by atoms with Crippen molar-refractivity contribution in [2.75, 3.05) is 0 Å². The Morgan fingerprint density at radius 2 is 2.25 bits per heavy atom. The molecule has 0 aliphatic rings. The number of rotatable bonds is 1. The first-order valence-electron chi connectivity index (χ1n) is 1.75. The SMILES string of the molecule is N#CC=C(O)C(F)F. The van der Waals surface area contributed by atoms with Gasteiger partial charge in [-0.1, -0.05) is 0 Å².